The molecule has 5 rings (SSSR count). The van der Waals surface area contributed by atoms with Crippen LogP contribution in [0.5, 0.6) is 5.88 Å². The molecule has 42 heavy (non-hydrogen) atoms. The van der Waals surface area contributed by atoms with Gasteiger partial charge in [0.05, 0.1) is 35.2 Å². The minimum Gasteiger partial charge on any atom is -0.475 e. The molecule has 2 aliphatic rings. The summed E-state index contributed by atoms with van der Waals surface area (Å²) in [7, 11) is -1.93. The van der Waals surface area contributed by atoms with Gasteiger partial charge >= 0.3 is 0 Å². The molecule has 1 spiro atoms. The van der Waals surface area contributed by atoms with E-state index < -0.39 is 21.3 Å². The molecule has 1 aliphatic heterocycles. The molecule has 0 radical (unpaired) electrons. The number of carbonyl (C=O) groups excluding carboxylic acids is 1. The van der Waals surface area contributed by atoms with E-state index >= 15 is 4.39 Å². The predicted octanol–water partition coefficient (Wildman–Crippen LogP) is 4.23. The van der Waals surface area contributed by atoms with E-state index in [0.29, 0.717) is 48.1 Å². The molecule has 2 aromatic heterocycles. The summed E-state index contributed by atoms with van der Waals surface area (Å²) in [6, 6.07) is 4.82. The van der Waals surface area contributed by atoms with Crippen molar-refractivity contribution in [1.29, 1.82) is 0 Å². The monoisotopic (exact) mass is 599 g/mol. The quantitative estimate of drug-likeness (QED) is 0.314. The number of aromatic nitrogens is 2. The van der Waals surface area contributed by atoms with Gasteiger partial charge in [-0.2, -0.15) is 0 Å². The van der Waals surface area contributed by atoms with Gasteiger partial charge in [-0.25, -0.2) is 17.8 Å². The van der Waals surface area contributed by atoms with E-state index in [1.807, 2.05) is 27.7 Å². The highest BCUT2D eigenvalue weighted by molar-refractivity contribution is 7.92. The van der Waals surface area contributed by atoms with Crippen molar-refractivity contribution in [2.75, 3.05) is 42.7 Å². The lowest BCUT2D eigenvalue weighted by Crippen LogP contribution is -2.50. The standard InChI is InChI=1S/C30H38FN5O5S/c1-17(2)32-7-8-40-28-25(35-42(6,38)39)9-20(14-34-28)21-10-22-24(11-23(21)31)33-15-26-27(22)30(29(37)36(26)5)12-19(13-30)16-41-18(3)4/h9-11,14-15,17-19,32,35H,7-8,12-13,16H2,1-6H3/t19-,30+. The van der Waals surface area contributed by atoms with Crippen molar-refractivity contribution in [3.8, 4) is 17.0 Å². The molecule has 2 N–H and O–H groups in total. The molecule has 1 aromatic carbocycles. The number of fused-ring (bicyclic) bond motifs is 4. The zero-order valence-corrected chi connectivity index (χ0v) is 25.6. The van der Waals surface area contributed by atoms with E-state index in [4.69, 9.17) is 9.47 Å². The number of nitrogens with zero attached hydrogens (tertiary/aromatic N) is 3. The summed E-state index contributed by atoms with van der Waals surface area (Å²) >= 11 is 0. The van der Waals surface area contributed by atoms with Crippen LogP contribution in [-0.4, -0.2) is 69.5 Å². The molecule has 0 unspecified atom stereocenters. The molecule has 1 amide bonds. The summed E-state index contributed by atoms with van der Waals surface area (Å²) in [5.41, 5.74) is 1.97. The van der Waals surface area contributed by atoms with Crippen LogP contribution in [0.15, 0.2) is 30.6 Å². The Morgan fingerprint density at radius 3 is 2.55 bits per heavy atom. The number of anilines is 2. The molecule has 1 fully saturated rings. The maximum Gasteiger partial charge on any atom is 0.238 e. The van der Waals surface area contributed by atoms with Gasteiger partial charge in [0.25, 0.3) is 0 Å². The third-order valence-electron chi connectivity index (χ3n) is 7.78. The van der Waals surface area contributed by atoms with Gasteiger partial charge < -0.3 is 19.7 Å². The minimum atomic E-state index is -3.68. The first-order valence-electron chi connectivity index (χ1n) is 14.2. The predicted molar refractivity (Wildman–Crippen MR) is 161 cm³/mol. The van der Waals surface area contributed by atoms with Crippen molar-refractivity contribution in [3.05, 3.63) is 42.0 Å². The molecule has 3 aromatic rings. The Morgan fingerprint density at radius 2 is 1.88 bits per heavy atom. The van der Waals surface area contributed by atoms with Crippen LogP contribution in [0.1, 0.15) is 46.1 Å². The SMILES string of the molecule is CC(C)NCCOc1ncc(-c2cc3c(cc2F)ncc2c3[C@]3(C[C@H](COC(C)C)C3)C(=O)N2C)cc1NS(C)(=O)=O. The van der Waals surface area contributed by atoms with Gasteiger partial charge in [-0.05, 0) is 44.7 Å². The van der Waals surface area contributed by atoms with Crippen molar-refractivity contribution in [1.82, 2.24) is 15.3 Å². The van der Waals surface area contributed by atoms with Gasteiger partial charge in [-0.15, -0.1) is 0 Å². The van der Waals surface area contributed by atoms with Crippen LogP contribution in [-0.2, 0) is 25.0 Å². The second kappa shape index (κ2) is 11.4. The number of benzene rings is 1. The first-order valence-corrected chi connectivity index (χ1v) is 16.0. The summed E-state index contributed by atoms with van der Waals surface area (Å²) in [4.78, 5) is 24.0. The van der Waals surface area contributed by atoms with Crippen molar-refractivity contribution < 1.29 is 27.1 Å². The summed E-state index contributed by atoms with van der Waals surface area (Å²) < 4.78 is 53.9. The first-order chi connectivity index (χ1) is 19.8. The van der Waals surface area contributed by atoms with Gasteiger partial charge in [0.15, 0.2) is 0 Å². The van der Waals surface area contributed by atoms with Crippen molar-refractivity contribution in [2.24, 2.45) is 5.92 Å². The molecule has 1 aliphatic carbocycles. The Kier molecular flexibility index (Phi) is 8.16. The molecule has 0 atom stereocenters. The molecule has 0 bridgehead atoms. The molecular formula is C30H38FN5O5S. The second-order valence-electron chi connectivity index (χ2n) is 11.9. The van der Waals surface area contributed by atoms with Crippen LogP contribution < -0.4 is 19.7 Å². The summed E-state index contributed by atoms with van der Waals surface area (Å²) in [5, 5.41) is 3.90. The summed E-state index contributed by atoms with van der Waals surface area (Å²) in [5.74, 6) is -0.196. The zero-order valence-electron chi connectivity index (χ0n) is 24.8. The lowest BCUT2D eigenvalue weighted by molar-refractivity contribution is -0.129. The smallest absolute Gasteiger partial charge is 0.238 e. The van der Waals surface area contributed by atoms with Crippen molar-refractivity contribution in [2.45, 2.75) is 58.1 Å². The molecule has 10 nitrogen and oxygen atoms in total. The van der Waals surface area contributed by atoms with Crippen LogP contribution in [0.2, 0.25) is 0 Å². The Hall–Kier alpha value is -3.35. The van der Waals surface area contributed by atoms with Crippen LogP contribution in [0, 0.1) is 11.7 Å². The lowest BCUT2D eigenvalue weighted by Gasteiger charge is -2.44. The average molecular weight is 600 g/mol. The number of hydrogen-bond donors (Lipinski definition) is 2. The molecule has 3 heterocycles. The highest BCUT2D eigenvalue weighted by Gasteiger charge is 2.58. The van der Waals surface area contributed by atoms with Gasteiger partial charge in [-0.1, -0.05) is 13.8 Å². The van der Waals surface area contributed by atoms with E-state index in [9.17, 15) is 13.2 Å². The maximum absolute atomic E-state index is 15.6. The van der Waals surface area contributed by atoms with E-state index in [1.54, 1.807) is 24.2 Å². The number of likely N-dealkylation sites (N-methyl/N-ethyl adjacent to an activating group) is 1. The topological polar surface area (TPSA) is 123 Å². The zero-order chi connectivity index (χ0) is 30.4. The van der Waals surface area contributed by atoms with Gasteiger partial charge in [-0.3, -0.25) is 14.5 Å². The maximum atomic E-state index is 15.6. The number of pyridine rings is 2. The number of nitrogens with one attached hydrogen (secondary N) is 2. The van der Waals surface area contributed by atoms with Crippen LogP contribution >= 0.6 is 0 Å². The lowest BCUT2D eigenvalue weighted by atomic mass is 9.58. The number of sulfonamides is 1. The Morgan fingerprint density at radius 1 is 1.14 bits per heavy atom. The normalized spacial score (nSPS) is 20.1. The molecule has 226 valence electrons. The second-order valence-corrected chi connectivity index (χ2v) is 13.6. The fraction of sp³-hybridized carbons (Fsp3) is 0.500. The number of amides is 1. The molecular weight excluding hydrogens is 561 g/mol. The number of carbonyl (C=O) groups is 1. The van der Waals surface area contributed by atoms with E-state index in [2.05, 4.69) is 20.0 Å². The third-order valence-corrected chi connectivity index (χ3v) is 8.37. The highest BCUT2D eigenvalue weighted by atomic mass is 32.2. The van der Waals surface area contributed by atoms with Gasteiger partial charge in [0, 0.05) is 60.6 Å². The summed E-state index contributed by atoms with van der Waals surface area (Å²) in [6.07, 6.45) is 5.51. The highest BCUT2D eigenvalue weighted by Crippen LogP contribution is 2.57. The molecule has 1 saturated carbocycles. The third kappa shape index (κ3) is 5.80. The van der Waals surface area contributed by atoms with Crippen LogP contribution in [0.4, 0.5) is 15.8 Å². The van der Waals surface area contributed by atoms with E-state index in [1.165, 1.54) is 18.3 Å². The summed E-state index contributed by atoms with van der Waals surface area (Å²) in [6.45, 7) is 9.37. The average Bonchev–Trinajstić information content (AvgIpc) is 3.10. The molecule has 12 heteroatoms. The molecule has 0 saturated heterocycles. The minimum absolute atomic E-state index is 0.00763. The van der Waals surface area contributed by atoms with Crippen LogP contribution in [0.25, 0.3) is 22.0 Å². The largest absolute Gasteiger partial charge is 0.475 e. The first kappa shape index (κ1) is 30.1. The van der Waals surface area contributed by atoms with Crippen molar-refractivity contribution in [3.63, 3.8) is 0 Å². The van der Waals surface area contributed by atoms with Crippen LogP contribution in [0.3, 0.4) is 0 Å². The van der Waals surface area contributed by atoms with E-state index in [0.717, 1.165) is 11.8 Å². The van der Waals surface area contributed by atoms with Gasteiger partial charge in [0.1, 0.15) is 18.1 Å². The van der Waals surface area contributed by atoms with E-state index in [-0.39, 0.29) is 47.7 Å². The van der Waals surface area contributed by atoms with Gasteiger partial charge in [0.2, 0.25) is 21.8 Å². The van der Waals surface area contributed by atoms with Crippen molar-refractivity contribution >= 4 is 38.2 Å². The number of ether oxygens (including phenoxy) is 2. The number of halogens is 1. The fourth-order valence-corrected chi connectivity index (χ4v) is 6.50. The Labute approximate surface area is 246 Å². The Bertz CT molecular complexity index is 1620. The number of rotatable bonds is 11. The number of hydrogen-bond acceptors (Lipinski definition) is 8. The Balaban J connectivity index is 1.55. The fourth-order valence-electron chi connectivity index (χ4n) is 5.95.